The van der Waals surface area contributed by atoms with Crippen LogP contribution in [0.2, 0.25) is 0 Å². The third-order valence-corrected chi connectivity index (χ3v) is 3.67. The average Bonchev–Trinajstić information content (AvgIpc) is 2.86. The SMILES string of the molecule is CCc1nn(C)cc1C(CN)N(CCCOC)CCOC. The van der Waals surface area contributed by atoms with Crippen molar-refractivity contribution < 1.29 is 9.47 Å². The molecule has 1 unspecified atom stereocenters. The van der Waals surface area contributed by atoms with Crippen LogP contribution in [0.15, 0.2) is 6.20 Å². The number of aromatic nitrogens is 2. The first kappa shape index (κ1) is 18.1. The number of hydrogen-bond donors (Lipinski definition) is 1. The normalized spacial score (nSPS) is 13.0. The second kappa shape index (κ2) is 9.89. The standard InChI is InChI=1S/C15H30N4O2/c1-5-14-13(12-18(2)17-14)15(11-16)19(8-10-21-4)7-6-9-20-3/h12,15H,5-11,16H2,1-4H3. The topological polar surface area (TPSA) is 65.5 Å². The summed E-state index contributed by atoms with van der Waals surface area (Å²) in [5.74, 6) is 0. The fraction of sp³-hybridized carbons (Fsp3) is 0.800. The molecular formula is C15H30N4O2. The van der Waals surface area contributed by atoms with Crippen LogP contribution in [-0.2, 0) is 22.9 Å². The predicted octanol–water partition coefficient (Wildman–Crippen LogP) is 0.967. The highest BCUT2D eigenvalue weighted by Crippen LogP contribution is 2.23. The summed E-state index contributed by atoms with van der Waals surface area (Å²) in [6.07, 6.45) is 3.99. The van der Waals surface area contributed by atoms with Gasteiger partial charge in [-0.15, -0.1) is 0 Å². The van der Waals surface area contributed by atoms with Crippen LogP contribution in [0.5, 0.6) is 0 Å². The molecule has 0 saturated carbocycles. The van der Waals surface area contributed by atoms with Crippen molar-refractivity contribution in [2.75, 3.05) is 47.1 Å². The average molecular weight is 298 g/mol. The lowest BCUT2D eigenvalue weighted by Crippen LogP contribution is -2.37. The quantitative estimate of drug-likeness (QED) is 0.617. The van der Waals surface area contributed by atoms with Gasteiger partial charge in [-0.3, -0.25) is 9.58 Å². The molecule has 1 aromatic rings. The van der Waals surface area contributed by atoms with Gasteiger partial charge in [-0.2, -0.15) is 5.10 Å². The van der Waals surface area contributed by atoms with E-state index >= 15 is 0 Å². The Bertz CT molecular complexity index is 395. The largest absolute Gasteiger partial charge is 0.385 e. The van der Waals surface area contributed by atoms with Crippen molar-refractivity contribution in [3.8, 4) is 0 Å². The molecule has 2 N–H and O–H groups in total. The van der Waals surface area contributed by atoms with E-state index in [1.54, 1.807) is 14.2 Å². The van der Waals surface area contributed by atoms with Crippen LogP contribution in [-0.4, -0.2) is 61.7 Å². The van der Waals surface area contributed by atoms with Crippen molar-refractivity contribution in [2.45, 2.75) is 25.8 Å². The summed E-state index contributed by atoms with van der Waals surface area (Å²) in [4.78, 5) is 2.37. The Morgan fingerprint density at radius 1 is 1.29 bits per heavy atom. The van der Waals surface area contributed by atoms with Crippen LogP contribution in [0.25, 0.3) is 0 Å². The van der Waals surface area contributed by atoms with Crippen molar-refractivity contribution in [2.24, 2.45) is 12.8 Å². The minimum Gasteiger partial charge on any atom is -0.385 e. The predicted molar refractivity (Wildman–Crippen MR) is 84.3 cm³/mol. The van der Waals surface area contributed by atoms with Crippen LogP contribution in [0.3, 0.4) is 0 Å². The van der Waals surface area contributed by atoms with Crippen LogP contribution >= 0.6 is 0 Å². The zero-order valence-corrected chi connectivity index (χ0v) is 13.8. The smallest absolute Gasteiger partial charge is 0.0670 e. The first-order valence-corrected chi connectivity index (χ1v) is 7.62. The highest BCUT2D eigenvalue weighted by atomic mass is 16.5. The number of nitrogens with zero attached hydrogens (tertiary/aromatic N) is 3. The molecule has 0 fully saturated rings. The zero-order valence-electron chi connectivity index (χ0n) is 13.8. The summed E-state index contributed by atoms with van der Waals surface area (Å²) < 4.78 is 12.3. The molecule has 6 nitrogen and oxygen atoms in total. The summed E-state index contributed by atoms with van der Waals surface area (Å²) in [6.45, 7) is 5.97. The second-order valence-corrected chi connectivity index (χ2v) is 5.18. The molecule has 0 radical (unpaired) electrons. The molecular weight excluding hydrogens is 268 g/mol. The van der Waals surface area contributed by atoms with Crippen molar-refractivity contribution in [1.29, 1.82) is 0 Å². The van der Waals surface area contributed by atoms with E-state index < -0.39 is 0 Å². The Balaban J connectivity index is 2.87. The van der Waals surface area contributed by atoms with Crippen molar-refractivity contribution in [3.63, 3.8) is 0 Å². The molecule has 0 aromatic carbocycles. The Labute approximate surface area is 128 Å². The van der Waals surface area contributed by atoms with Crippen molar-refractivity contribution >= 4 is 0 Å². The Morgan fingerprint density at radius 2 is 2.00 bits per heavy atom. The minimum absolute atomic E-state index is 0.181. The van der Waals surface area contributed by atoms with Crippen LogP contribution in [0, 0.1) is 0 Å². The molecule has 0 aliphatic rings. The molecule has 1 aromatic heterocycles. The Morgan fingerprint density at radius 3 is 2.57 bits per heavy atom. The highest BCUT2D eigenvalue weighted by Gasteiger charge is 2.23. The number of methoxy groups -OCH3 is 2. The van der Waals surface area contributed by atoms with Gasteiger partial charge in [0.15, 0.2) is 0 Å². The van der Waals surface area contributed by atoms with E-state index in [0.717, 1.165) is 38.2 Å². The molecule has 122 valence electrons. The maximum absolute atomic E-state index is 6.06. The number of hydrogen-bond acceptors (Lipinski definition) is 5. The molecule has 0 spiro atoms. The fourth-order valence-electron chi connectivity index (χ4n) is 2.62. The maximum Gasteiger partial charge on any atom is 0.0670 e. The maximum atomic E-state index is 6.06. The van der Waals surface area contributed by atoms with Gasteiger partial charge in [0.1, 0.15) is 0 Å². The summed E-state index contributed by atoms with van der Waals surface area (Å²) in [7, 11) is 5.42. The molecule has 1 atom stereocenters. The monoisotopic (exact) mass is 298 g/mol. The number of ether oxygens (including phenoxy) is 2. The van der Waals surface area contributed by atoms with Crippen LogP contribution in [0.4, 0.5) is 0 Å². The van der Waals surface area contributed by atoms with Gasteiger partial charge in [0.2, 0.25) is 0 Å². The van der Waals surface area contributed by atoms with Gasteiger partial charge in [-0.25, -0.2) is 0 Å². The van der Waals surface area contributed by atoms with E-state index in [1.807, 2.05) is 11.7 Å². The van der Waals surface area contributed by atoms with E-state index in [1.165, 1.54) is 5.56 Å². The van der Waals surface area contributed by atoms with Crippen molar-refractivity contribution in [3.05, 3.63) is 17.5 Å². The summed E-state index contributed by atoms with van der Waals surface area (Å²) in [5.41, 5.74) is 8.42. The molecule has 0 saturated heterocycles. The van der Waals surface area contributed by atoms with Crippen LogP contribution < -0.4 is 5.73 Å². The summed E-state index contributed by atoms with van der Waals surface area (Å²) in [5, 5.41) is 4.54. The third-order valence-electron chi connectivity index (χ3n) is 3.67. The van der Waals surface area contributed by atoms with E-state index in [2.05, 4.69) is 23.1 Å². The van der Waals surface area contributed by atoms with Crippen molar-refractivity contribution in [1.82, 2.24) is 14.7 Å². The molecule has 1 heterocycles. The summed E-state index contributed by atoms with van der Waals surface area (Å²) >= 11 is 0. The Kier molecular flexibility index (Phi) is 8.52. The lowest BCUT2D eigenvalue weighted by Gasteiger charge is -2.30. The van der Waals surface area contributed by atoms with E-state index in [0.29, 0.717) is 13.2 Å². The number of nitrogens with two attached hydrogens (primary N) is 1. The zero-order chi connectivity index (χ0) is 15.7. The molecule has 0 aliphatic heterocycles. The van der Waals surface area contributed by atoms with Gasteiger partial charge < -0.3 is 15.2 Å². The van der Waals surface area contributed by atoms with Crippen LogP contribution in [0.1, 0.15) is 30.6 Å². The molecule has 0 aliphatic carbocycles. The summed E-state index contributed by atoms with van der Waals surface area (Å²) in [6, 6.07) is 0.181. The fourth-order valence-corrected chi connectivity index (χ4v) is 2.62. The van der Waals surface area contributed by atoms with Gasteiger partial charge in [0.25, 0.3) is 0 Å². The first-order valence-electron chi connectivity index (χ1n) is 7.62. The Hall–Kier alpha value is -0.950. The highest BCUT2D eigenvalue weighted by molar-refractivity contribution is 5.22. The van der Waals surface area contributed by atoms with Gasteiger partial charge >= 0.3 is 0 Å². The molecule has 0 amide bonds. The minimum atomic E-state index is 0.181. The van der Waals surface area contributed by atoms with Gasteiger partial charge in [0, 0.05) is 59.3 Å². The van der Waals surface area contributed by atoms with E-state index in [9.17, 15) is 0 Å². The van der Waals surface area contributed by atoms with Gasteiger partial charge in [0.05, 0.1) is 18.3 Å². The molecule has 1 rings (SSSR count). The van der Waals surface area contributed by atoms with Gasteiger partial charge in [-0.1, -0.05) is 6.92 Å². The number of aryl methyl sites for hydroxylation is 2. The molecule has 0 bridgehead atoms. The van der Waals surface area contributed by atoms with E-state index in [4.69, 9.17) is 15.2 Å². The molecule has 21 heavy (non-hydrogen) atoms. The second-order valence-electron chi connectivity index (χ2n) is 5.18. The van der Waals surface area contributed by atoms with Gasteiger partial charge in [-0.05, 0) is 12.8 Å². The molecule has 6 heteroatoms. The van der Waals surface area contributed by atoms with E-state index in [-0.39, 0.29) is 6.04 Å². The lowest BCUT2D eigenvalue weighted by atomic mass is 10.0. The first-order chi connectivity index (χ1) is 10.2. The third kappa shape index (κ3) is 5.39. The number of rotatable bonds is 11. The lowest BCUT2D eigenvalue weighted by molar-refractivity contribution is 0.108.